The fourth-order valence-electron chi connectivity index (χ4n) is 4.85. The van der Waals surface area contributed by atoms with Gasteiger partial charge < -0.3 is 18.9 Å². The third kappa shape index (κ3) is 5.42. The highest BCUT2D eigenvalue weighted by Crippen LogP contribution is 2.49. The van der Waals surface area contributed by atoms with Crippen LogP contribution in [0, 0.1) is 0 Å². The van der Waals surface area contributed by atoms with Gasteiger partial charge in [-0.05, 0) is 79.6 Å². The number of ether oxygens (including phenoxy) is 4. The first-order valence-corrected chi connectivity index (χ1v) is 13.8. The Morgan fingerprint density at radius 1 is 0.973 bits per heavy atom. The molecule has 0 N–H and O–H groups in total. The summed E-state index contributed by atoms with van der Waals surface area (Å²) in [6.07, 6.45) is 3.73. The third-order valence-electron chi connectivity index (χ3n) is 6.73. The van der Waals surface area contributed by atoms with Crippen LogP contribution in [0.4, 0.5) is 0 Å². The second-order valence-corrected chi connectivity index (χ2v) is 10.1. The van der Waals surface area contributed by atoms with Crippen molar-refractivity contribution in [1.29, 1.82) is 0 Å². The molecule has 0 aliphatic carbocycles. The molecule has 37 heavy (non-hydrogen) atoms. The first kappa shape index (κ1) is 25.5. The number of hydrogen-bond donors (Lipinski definition) is 0. The van der Waals surface area contributed by atoms with Gasteiger partial charge in [0.05, 0.1) is 32.1 Å². The Morgan fingerprint density at radius 3 is 2.57 bits per heavy atom. The molecule has 2 heterocycles. The zero-order valence-corrected chi connectivity index (χ0v) is 23.2. The van der Waals surface area contributed by atoms with E-state index in [9.17, 15) is 0 Å². The Bertz CT molecular complexity index is 1260. The number of rotatable bonds is 10. The second-order valence-electron chi connectivity index (χ2n) is 9.22. The van der Waals surface area contributed by atoms with Gasteiger partial charge >= 0.3 is 0 Å². The van der Waals surface area contributed by atoms with E-state index < -0.39 is 0 Å². The third-order valence-corrected chi connectivity index (χ3v) is 7.22. The summed E-state index contributed by atoms with van der Waals surface area (Å²) in [5.41, 5.74) is 4.20. The monoisotopic (exact) mass is 564 g/mol. The summed E-state index contributed by atoms with van der Waals surface area (Å²) >= 11 is 3.63. The van der Waals surface area contributed by atoms with Gasteiger partial charge in [0.25, 0.3) is 0 Å². The highest BCUT2D eigenvalue weighted by molar-refractivity contribution is 9.10. The van der Waals surface area contributed by atoms with Crippen LogP contribution in [0.3, 0.4) is 0 Å². The van der Waals surface area contributed by atoms with Crippen molar-refractivity contribution in [1.82, 2.24) is 5.01 Å². The molecule has 0 radical (unpaired) electrons. The molecule has 2 unspecified atom stereocenters. The highest BCUT2D eigenvalue weighted by atomic mass is 79.9. The number of hydrogen-bond acceptors (Lipinski definition) is 6. The van der Waals surface area contributed by atoms with Crippen molar-refractivity contribution in [2.75, 3.05) is 20.3 Å². The summed E-state index contributed by atoms with van der Waals surface area (Å²) in [4.78, 5) is 0. The zero-order chi connectivity index (χ0) is 25.8. The van der Waals surface area contributed by atoms with Gasteiger partial charge in [-0.1, -0.05) is 35.7 Å². The molecule has 2 aliphatic rings. The second kappa shape index (κ2) is 11.5. The van der Waals surface area contributed by atoms with Crippen molar-refractivity contribution in [3.05, 3.63) is 81.8 Å². The lowest BCUT2D eigenvalue weighted by molar-refractivity contribution is -0.0192. The quantitative estimate of drug-likeness (QED) is 0.236. The number of unbranched alkanes of at least 4 members (excludes halogenated alkanes) is 2. The summed E-state index contributed by atoms with van der Waals surface area (Å²) in [6.45, 7) is 5.50. The lowest BCUT2D eigenvalue weighted by Gasteiger charge is -2.38. The Balaban J connectivity index is 1.47. The van der Waals surface area contributed by atoms with Gasteiger partial charge in [-0.2, -0.15) is 5.10 Å². The predicted molar refractivity (Wildman–Crippen MR) is 149 cm³/mol. The van der Waals surface area contributed by atoms with Gasteiger partial charge in [0, 0.05) is 22.0 Å². The average Bonchev–Trinajstić information content (AvgIpc) is 3.37. The van der Waals surface area contributed by atoms with Crippen LogP contribution in [-0.2, 0) is 0 Å². The molecule has 0 aromatic heterocycles. The highest BCUT2D eigenvalue weighted by Gasteiger charge is 2.41. The molecule has 0 bridgehead atoms. The van der Waals surface area contributed by atoms with Gasteiger partial charge in [0.1, 0.15) is 11.5 Å². The molecule has 194 valence electrons. The molecule has 0 saturated heterocycles. The Kier molecular flexibility index (Phi) is 7.89. The normalized spacial score (nSPS) is 17.9. The van der Waals surface area contributed by atoms with Crippen LogP contribution < -0.4 is 18.9 Å². The topological polar surface area (TPSA) is 52.5 Å². The van der Waals surface area contributed by atoms with E-state index in [2.05, 4.69) is 46.1 Å². The minimum absolute atomic E-state index is 0.0591. The molecule has 0 saturated carbocycles. The molecule has 0 spiro atoms. The van der Waals surface area contributed by atoms with E-state index in [0.717, 1.165) is 69.8 Å². The molecular formula is C30H33BrN2O4. The summed E-state index contributed by atoms with van der Waals surface area (Å²) in [7, 11) is 1.67. The first-order valence-electron chi connectivity index (χ1n) is 13.0. The Morgan fingerprint density at radius 2 is 1.81 bits per heavy atom. The number of methoxy groups -OCH3 is 1. The SMILES string of the molecule is CCCCCOc1ccc(C2Oc3ccc(Br)cc3C3CC(c4ccc(OCC)cc4)=NN32)cc1OC. The molecular weight excluding hydrogens is 532 g/mol. The lowest BCUT2D eigenvalue weighted by atomic mass is 9.96. The van der Waals surface area contributed by atoms with Gasteiger partial charge in [-0.25, -0.2) is 5.01 Å². The van der Waals surface area contributed by atoms with E-state index in [0.29, 0.717) is 19.0 Å². The van der Waals surface area contributed by atoms with Crippen molar-refractivity contribution in [2.24, 2.45) is 5.10 Å². The van der Waals surface area contributed by atoms with E-state index in [1.54, 1.807) is 7.11 Å². The van der Waals surface area contributed by atoms with Crippen LogP contribution in [-0.4, -0.2) is 31.0 Å². The molecule has 2 atom stereocenters. The van der Waals surface area contributed by atoms with Crippen LogP contribution in [0.25, 0.3) is 0 Å². The molecule has 3 aromatic rings. The summed E-state index contributed by atoms with van der Waals surface area (Å²) in [6, 6.07) is 20.4. The standard InChI is InChI=1S/C30H33BrN2O4/c1-4-6-7-16-36-28-14-10-21(17-29(28)34-3)30-33-26(24-18-22(31)11-15-27(24)37-30)19-25(32-33)20-8-12-23(13-9-20)35-5-2/h8-15,17-18,26,30H,4-7,16,19H2,1-3H3. The van der Waals surface area contributed by atoms with E-state index >= 15 is 0 Å². The molecule has 2 aliphatic heterocycles. The maximum Gasteiger partial charge on any atom is 0.214 e. The summed E-state index contributed by atoms with van der Waals surface area (Å²) < 4.78 is 24.9. The smallest absolute Gasteiger partial charge is 0.214 e. The van der Waals surface area contributed by atoms with Crippen LogP contribution in [0.5, 0.6) is 23.0 Å². The van der Waals surface area contributed by atoms with Crippen LogP contribution >= 0.6 is 15.9 Å². The number of nitrogens with zero attached hydrogens (tertiary/aromatic N) is 2. The Hall–Kier alpha value is -3.19. The van der Waals surface area contributed by atoms with Crippen LogP contribution in [0.15, 0.2) is 70.2 Å². The minimum Gasteiger partial charge on any atom is -0.494 e. The maximum atomic E-state index is 6.56. The molecule has 3 aromatic carbocycles. The molecule has 7 heteroatoms. The van der Waals surface area contributed by atoms with Crippen molar-refractivity contribution < 1.29 is 18.9 Å². The first-order chi connectivity index (χ1) is 18.1. The Labute approximate surface area is 227 Å². The van der Waals surface area contributed by atoms with Crippen LogP contribution in [0.2, 0.25) is 0 Å². The van der Waals surface area contributed by atoms with Crippen molar-refractivity contribution in [3.8, 4) is 23.0 Å². The number of hydrazone groups is 1. The van der Waals surface area contributed by atoms with Crippen molar-refractivity contribution in [3.63, 3.8) is 0 Å². The largest absolute Gasteiger partial charge is 0.494 e. The van der Waals surface area contributed by atoms with Gasteiger partial charge in [-0.3, -0.25) is 0 Å². The fraction of sp³-hybridized carbons (Fsp3) is 0.367. The number of halogens is 1. The molecule has 0 amide bonds. The van der Waals surface area contributed by atoms with Crippen LogP contribution in [0.1, 0.15) is 68.5 Å². The zero-order valence-electron chi connectivity index (χ0n) is 21.6. The molecule has 5 rings (SSSR count). The van der Waals surface area contributed by atoms with Gasteiger partial charge in [0.15, 0.2) is 11.5 Å². The summed E-state index contributed by atoms with van der Waals surface area (Å²) in [5, 5.41) is 7.17. The predicted octanol–water partition coefficient (Wildman–Crippen LogP) is 7.67. The van der Waals surface area contributed by atoms with E-state index in [-0.39, 0.29) is 12.3 Å². The van der Waals surface area contributed by atoms with E-state index in [1.807, 2.05) is 49.4 Å². The van der Waals surface area contributed by atoms with Crippen molar-refractivity contribution >= 4 is 21.6 Å². The number of benzene rings is 3. The lowest BCUT2D eigenvalue weighted by Crippen LogP contribution is -2.33. The number of fused-ring (bicyclic) bond motifs is 3. The van der Waals surface area contributed by atoms with Crippen molar-refractivity contribution in [2.45, 2.75) is 51.8 Å². The van der Waals surface area contributed by atoms with Gasteiger partial charge in [0.2, 0.25) is 6.23 Å². The maximum absolute atomic E-state index is 6.56. The van der Waals surface area contributed by atoms with Gasteiger partial charge in [-0.15, -0.1) is 0 Å². The van der Waals surface area contributed by atoms with E-state index in [1.165, 1.54) is 0 Å². The average molecular weight is 566 g/mol. The fourth-order valence-corrected chi connectivity index (χ4v) is 5.23. The molecule has 6 nitrogen and oxygen atoms in total. The van der Waals surface area contributed by atoms with E-state index in [4.69, 9.17) is 24.0 Å². The molecule has 0 fully saturated rings. The summed E-state index contributed by atoms with van der Waals surface area (Å²) in [5.74, 6) is 3.18. The minimum atomic E-state index is -0.387.